The number of urea groups is 1. The number of nitrogens with one attached hydrogen (secondary N) is 1. The zero-order chi connectivity index (χ0) is 13.2. The highest BCUT2D eigenvalue weighted by Gasteiger charge is 2.17. The maximum atomic E-state index is 11.5. The quantitative estimate of drug-likeness (QED) is 0.446. The van der Waals surface area contributed by atoms with E-state index in [4.69, 9.17) is 5.84 Å². The summed E-state index contributed by atoms with van der Waals surface area (Å²) >= 11 is 0. The molecule has 0 atom stereocenters. The van der Waals surface area contributed by atoms with E-state index in [1.54, 1.807) is 7.05 Å². The van der Waals surface area contributed by atoms with E-state index < -0.39 is 0 Å². The highest BCUT2D eigenvalue weighted by Crippen LogP contribution is 2.28. The first kappa shape index (κ1) is 13.5. The van der Waals surface area contributed by atoms with Crippen molar-refractivity contribution in [3.05, 3.63) is 29.3 Å². The van der Waals surface area contributed by atoms with Crippen LogP contribution in [0.4, 0.5) is 10.5 Å². The van der Waals surface area contributed by atoms with Gasteiger partial charge in [0.1, 0.15) is 0 Å². The monoisotopic (exact) mass is 235 g/mol. The molecular formula is C13H21N3O. The van der Waals surface area contributed by atoms with Gasteiger partial charge >= 0.3 is 6.03 Å². The molecule has 0 heterocycles. The Morgan fingerprint density at radius 2 is 1.94 bits per heavy atom. The molecule has 2 amide bonds. The van der Waals surface area contributed by atoms with Crippen molar-refractivity contribution in [1.82, 2.24) is 5.43 Å². The number of nitrogens with zero attached hydrogens (tertiary/aromatic N) is 1. The lowest BCUT2D eigenvalue weighted by Crippen LogP contribution is -2.41. The van der Waals surface area contributed by atoms with Gasteiger partial charge in [-0.3, -0.25) is 10.3 Å². The van der Waals surface area contributed by atoms with E-state index in [0.29, 0.717) is 0 Å². The van der Waals surface area contributed by atoms with Gasteiger partial charge in [0.25, 0.3) is 0 Å². The van der Waals surface area contributed by atoms with Crippen LogP contribution in [-0.4, -0.2) is 13.1 Å². The molecule has 0 bridgehead atoms. The Bertz CT molecular complexity index is 421. The molecule has 0 aliphatic heterocycles. The fraction of sp³-hybridized carbons (Fsp3) is 0.462. The van der Waals surface area contributed by atoms with Gasteiger partial charge in [-0.1, -0.05) is 32.9 Å². The molecule has 4 heteroatoms. The van der Waals surface area contributed by atoms with Crippen LogP contribution in [0, 0.1) is 6.92 Å². The minimum Gasteiger partial charge on any atom is -0.296 e. The van der Waals surface area contributed by atoms with E-state index in [9.17, 15) is 4.79 Å². The maximum Gasteiger partial charge on any atom is 0.335 e. The zero-order valence-electron chi connectivity index (χ0n) is 11.2. The van der Waals surface area contributed by atoms with Crippen molar-refractivity contribution in [2.24, 2.45) is 5.84 Å². The third-order valence-electron chi connectivity index (χ3n) is 2.86. The topological polar surface area (TPSA) is 58.4 Å². The molecule has 0 aliphatic carbocycles. The second-order valence-corrected chi connectivity index (χ2v) is 5.26. The van der Waals surface area contributed by atoms with Crippen LogP contribution >= 0.6 is 0 Å². The van der Waals surface area contributed by atoms with Crippen LogP contribution in [0.5, 0.6) is 0 Å². The van der Waals surface area contributed by atoms with Crippen LogP contribution in [-0.2, 0) is 5.41 Å². The summed E-state index contributed by atoms with van der Waals surface area (Å²) < 4.78 is 0. The second-order valence-electron chi connectivity index (χ2n) is 5.26. The molecule has 17 heavy (non-hydrogen) atoms. The molecule has 0 saturated heterocycles. The number of benzene rings is 1. The first-order valence-electron chi connectivity index (χ1n) is 5.63. The van der Waals surface area contributed by atoms with Gasteiger partial charge in [-0.05, 0) is 29.5 Å². The predicted molar refractivity (Wildman–Crippen MR) is 71.0 cm³/mol. The fourth-order valence-electron chi connectivity index (χ4n) is 1.64. The number of anilines is 1. The third-order valence-corrected chi connectivity index (χ3v) is 2.86. The number of rotatable bonds is 1. The summed E-state index contributed by atoms with van der Waals surface area (Å²) in [5.41, 5.74) is 5.30. The normalized spacial score (nSPS) is 11.2. The number of nitrogens with two attached hydrogens (primary N) is 1. The van der Waals surface area contributed by atoms with Crippen molar-refractivity contribution in [2.75, 3.05) is 11.9 Å². The van der Waals surface area contributed by atoms with Crippen LogP contribution in [0.2, 0.25) is 0 Å². The fourth-order valence-corrected chi connectivity index (χ4v) is 1.64. The lowest BCUT2D eigenvalue weighted by molar-refractivity contribution is 0.247. The van der Waals surface area contributed by atoms with E-state index >= 15 is 0 Å². The molecule has 4 nitrogen and oxygen atoms in total. The third kappa shape index (κ3) is 2.97. The standard InChI is InChI=1S/C13H21N3O/c1-9-6-7-10(13(2,3)4)8-11(9)16(5)12(17)15-14/h6-8H,14H2,1-5H3,(H,15,17). The minimum atomic E-state index is -0.320. The number of hydrogen-bond donors (Lipinski definition) is 2. The van der Waals surface area contributed by atoms with Gasteiger partial charge in [-0.2, -0.15) is 0 Å². The highest BCUT2D eigenvalue weighted by molar-refractivity contribution is 5.91. The van der Waals surface area contributed by atoms with Crippen molar-refractivity contribution < 1.29 is 4.79 Å². The van der Waals surface area contributed by atoms with Crippen molar-refractivity contribution in [2.45, 2.75) is 33.1 Å². The van der Waals surface area contributed by atoms with Crippen molar-refractivity contribution in [1.29, 1.82) is 0 Å². The van der Waals surface area contributed by atoms with E-state index in [-0.39, 0.29) is 11.4 Å². The summed E-state index contributed by atoms with van der Waals surface area (Å²) in [5, 5.41) is 0. The summed E-state index contributed by atoms with van der Waals surface area (Å²) in [5.74, 6) is 5.14. The van der Waals surface area contributed by atoms with Gasteiger partial charge < -0.3 is 0 Å². The van der Waals surface area contributed by atoms with Gasteiger partial charge in [0.05, 0.1) is 0 Å². The van der Waals surface area contributed by atoms with Crippen molar-refractivity contribution in [3.63, 3.8) is 0 Å². The summed E-state index contributed by atoms with van der Waals surface area (Å²) in [6.45, 7) is 8.40. The van der Waals surface area contributed by atoms with E-state index in [1.807, 2.05) is 19.1 Å². The molecule has 1 aromatic carbocycles. The van der Waals surface area contributed by atoms with Gasteiger partial charge in [0.15, 0.2) is 0 Å². The average Bonchev–Trinajstić information content (AvgIpc) is 2.26. The summed E-state index contributed by atoms with van der Waals surface area (Å²) in [4.78, 5) is 13.0. The first-order valence-corrected chi connectivity index (χ1v) is 5.63. The molecule has 0 unspecified atom stereocenters. The zero-order valence-corrected chi connectivity index (χ0v) is 11.2. The number of carbonyl (C=O) groups is 1. The molecule has 94 valence electrons. The Balaban J connectivity index is 3.20. The Labute approximate surface area is 103 Å². The van der Waals surface area contributed by atoms with Crippen LogP contribution in [0.25, 0.3) is 0 Å². The first-order chi connectivity index (χ1) is 7.77. The van der Waals surface area contributed by atoms with Gasteiger partial charge in [-0.25, -0.2) is 10.6 Å². The lowest BCUT2D eigenvalue weighted by atomic mass is 9.86. The van der Waals surface area contributed by atoms with Gasteiger partial charge in [0.2, 0.25) is 0 Å². The molecule has 0 aromatic heterocycles. The molecule has 1 rings (SSSR count). The molecule has 0 saturated carbocycles. The van der Waals surface area contributed by atoms with E-state index in [0.717, 1.165) is 11.3 Å². The smallest absolute Gasteiger partial charge is 0.296 e. The van der Waals surface area contributed by atoms with Crippen LogP contribution < -0.4 is 16.2 Å². The lowest BCUT2D eigenvalue weighted by Gasteiger charge is -2.24. The van der Waals surface area contributed by atoms with Crippen LogP contribution in [0.15, 0.2) is 18.2 Å². The SMILES string of the molecule is Cc1ccc(C(C)(C)C)cc1N(C)C(=O)NN. The molecule has 3 N–H and O–H groups in total. The molecule has 0 aliphatic rings. The van der Waals surface area contributed by atoms with Gasteiger partial charge in [-0.15, -0.1) is 0 Å². The Kier molecular flexibility index (Phi) is 3.78. The van der Waals surface area contributed by atoms with E-state index in [1.165, 1.54) is 10.5 Å². The van der Waals surface area contributed by atoms with Crippen LogP contribution in [0.3, 0.4) is 0 Å². The Hall–Kier alpha value is -1.55. The highest BCUT2D eigenvalue weighted by atomic mass is 16.2. The molecule has 1 aromatic rings. The number of hydrogen-bond acceptors (Lipinski definition) is 2. The molecule has 0 fully saturated rings. The number of carbonyl (C=O) groups excluding carboxylic acids is 1. The second kappa shape index (κ2) is 4.75. The van der Waals surface area contributed by atoms with Crippen molar-refractivity contribution >= 4 is 11.7 Å². The molecule has 0 radical (unpaired) electrons. The average molecular weight is 235 g/mol. The molecular weight excluding hydrogens is 214 g/mol. The number of hydrazine groups is 1. The van der Waals surface area contributed by atoms with Gasteiger partial charge in [0, 0.05) is 12.7 Å². The summed E-state index contributed by atoms with van der Waals surface area (Å²) in [6.07, 6.45) is 0. The Morgan fingerprint density at radius 3 is 2.41 bits per heavy atom. The van der Waals surface area contributed by atoms with Crippen molar-refractivity contribution in [3.8, 4) is 0 Å². The minimum absolute atomic E-state index is 0.0580. The van der Waals surface area contributed by atoms with E-state index in [2.05, 4.69) is 32.3 Å². The Morgan fingerprint density at radius 1 is 1.35 bits per heavy atom. The molecule has 0 spiro atoms. The maximum absolute atomic E-state index is 11.5. The largest absolute Gasteiger partial charge is 0.335 e. The number of aryl methyl sites for hydroxylation is 1. The predicted octanol–water partition coefficient (Wildman–Crippen LogP) is 2.31. The summed E-state index contributed by atoms with van der Waals surface area (Å²) in [6, 6.07) is 5.83. The van der Waals surface area contributed by atoms with Crippen LogP contribution in [0.1, 0.15) is 31.9 Å². The number of amides is 2. The summed E-state index contributed by atoms with van der Waals surface area (Å²) in [7, 11) is 1.71.